The molecule has 0 bridgehead atoms. The van der Waals surface area contributed by atoms with Crippen molar-refractivity contribution < 1.29 is 12.4 Å². The van der Waals surface area contributed by atoms with Gasteiger partial charge in [-0.15, -0.1) is 0 Å². The minimum absolute atomic E-state index is 0. The molecule has 68 valence electrons. The first kappa shape index (κ1) is 14.0. The van der Waals surface area contributed by atoms with Crippen LogP contribution < -0.4 is 12.4 Å². The van der Waals surface area contributed by atoms with Crippen molar-refractivity contribution in [2.75, 3.05) is 24.6 Å². The van der Waals surface area contributed by atoms with Crippen LogP contribution in [-0.2, 0) is 0 Å². The molecule has 0 radical (unpaired) electrons. The minimum atomic E-state index is -0.557. The molecule has 0 aromatic carbocycles. The lowest BCUT2D eigenvalue weighted by atomic mass is 10.8. The minimum Gasteiger partial charge on any atom is -1.00 e. The molecule has 0 saturated heterocycles. The van der Waals surface area contributed by atoms with Gasteiger partial charge in [-0.05, 0) is 20.8 Å². The van der Waals surface area contributed by atoms with E-state index < -0.39 is 7.26 Å². The van der Waals surface area contributed by atoms with Crippen LogP contribution in [-0.4, -0.2) is 24.6 Å². The van der Waals surface area contributed by atoms with Crippen molar-refractivity contribution in [2.45, 2.75) is 20.8 Å². The SMILES string of the molecule is C=CC[P+](CC)(CC)CC.[Cl-]. The Labute approximate surface area is 78.2 Å². The summed E-state index contributed by atoms with van der Waals surface area (Å²) in [4.78, 5) is 0. The fraction of sp³-hybridized carbons (Fsp3) is 0.778. The van der Waals surface area contributed by atoms with Crippen molar-refractivity contribution >= 4 is 7.26 Å². The quantitative estimate of drug-likeness (QED) is 0.435. The van der Waals surface area contributed by atoms with Crippen LogP contribution in [0.4, 0.5) is 0 Å². The highest BCUT2D eigenvalue weighted by atomic mass is 35.5. The van der Waals surface area contributed by atoms with Gasteiger partial charge in [0.1, 0.15) is 0 Å². The van der Waals surface area contributed by atoms with Crippen molar-refractivity contribution in [2.24, 2.45) is 0 Å². The topological polar surface area (TPSA) is 0 Å². The molecule has 0 aliphatic rings. The predicted molar refractivity (Wildman–Crippen MR) is 53.6 cm³/mol. The molecule has 0 N–H and O–H groups in total. The highest BCUT2D eigenvalue weighted by molar-refractivity contribution is 7.75. The van der Waals surface area contributed by atoms with Crippen molar-refractivity contribution in [3.63, 3.8) is 0 Å². The molecular formula is C9H20ClP. The molecule has 0 unspecified atom stereocenters. The zero-order chi connectivity index (χ0) is 8.04. The second-order valence-electron chi connectivity index (χ2n) is 2.76. The summed E-state index contributed by atoms with van der Waals surface area (Å²) in [5.41, 5.74) is 0. The first-order valence-corrected chi connectivity index (χ1v) is 6.73. The van der Waals surface area contributed by atoms with E-state index in [1.807, 2.05) is 0 Å². The second kappa shape index (κ2) is 7.13. The molecule has 0 amide bonds. The van der Waals surface area contributed by atoms with E-state index in [0.717, 1.165) is 0 Å². The van der Waals surface area contributed by atoms with E-state index in [9.17, 15) is 0 Å². The molecule has 0 heterocycles. The van der Waals surface area contributed by atoms with E-state index in [0.29, 0.717) is 0 Å². The summed E-state index contributed by atoms with van der Waals surface area (Å²) >= 11 is 0. The van der Waals surface area contributed by atoms with Gasteiger partial charge in [0.2, 0.25) is 0 Å². The van der Waals surface area contributed by atoms with E-state index in [4.69, 9.17) is 0 Å². The summed E-state index contributed by atoms with van der Waals surface area (Å²) in [6, 6.07) is 0. The first-order valence-electron chi connectivity index (χ1n) is 4.20. The zero-order valence-corrected chi connectivity index (χ0v) is 9.59. The van der Waals surface area contributed by atoms with E-state index in [2.05, 4.69) is 33.4 Å². The average Bonchev–Trinajstić information content (AvgIpc) is 2.01. The van der Waals surface area contributed by atoms with Crippen LogP contribution in [0.1, 0.15) is 20.8 Å². The molecule has 0 rings (SSSR count). The van der Waals surface area contributed by atoms with Crippen molar-refractivity contribution in [3.05, 3.63) is 12.7 Å². The van der Waals surface area contributed by atoms with Crippen LogP contribution in [0, 0.1) is 0 Å². The summed E-state index contributed by atoms with van der Waals surface area (Å²) in [5, 5.41) is 0. The van der Waals surface area contributed by atoms with E-state index in [1.165, 1.54) is 24.6 Å². The highest BCUT2D eigenvalue weighted by Gasteiger charge is 2.28. The Hall–Kier alpha value is 0.460. The van der Waals surface area contributed by atoms with Crippen molar-refractivity contribution in [1.29, 1.82) is 0 Å². The first-order chi connectivity index (χ1) is 4.74. The molecule has 0 nitrogen and oxygen atoms in total. The standard InChI is InChI=1S/C9H20P.ClH/c1-5-9-10(6-2,7-3)8-4;/h5H,1,6-9H2,2-4H3;1H/q+1;/p-1. The van der Waals surface area contributed by atoms with Gasteiger partial charge in [0.05, 0.1) is 24.6 Å². The van der Waals surface area contributed by atoms with E-state index in [1.54, 1.807) is 0 Å². The molecule has 11 heavy (non-hydrogen) atoms. The van der Waals surface area contributed by atoms with Crippen LogP contribution >= 0.6 is 7.26 Å². The van der Waals surface area contributed by atoms with Gasteiger partial charge in [-0.3, -0.25) is 0 Å². The van der Waals surface area contributed by atoms with Gasteiger partial charge in [-0.25, -0.2) is 0 Å². The summed E-state index contributed by atoms with van der Waals surface area (Å²) in [6.45, 7) is 10.8. The molecular weight excluding hydrogens is 175 g/mol. The Kier molecular flexibility index (Phi) is 9.08. The van der Waals surface area contributed by atoms with Crippen LogP contribution in [0.15, 0.2) is 12.7 Å². The predicted octanol–water partition coefficient (Wildman–Crippen LogP) is 0.254. The lowest BCUT2D eigenvalue weighted by molar-refractivity contribution is -0.00000237. The van der Waals surface area contributed by atoms with Crippen LogP contribution in [0.3, 0.4) is 0 Å². The molecule has 0 aliphatic heterocycles. The zero-order valence-electron chi connectivity index (χ0n) is 7.94. The Morgan fingerprint density at radius 2 is 1.45 bits per heavy atom. The van der Waals surface area contributed by atoms with Gasteiger partial charge in [-0.2, -0.15) is 0 Å². The number of rotatable bonds is 5. The number of allylic oxidation sites excluding steroid dienone is 1. The molecule has 0 saturated carbocycles. The second-order valence-corrected chi connectivity index (χ2v) is 7.71. The largest absolute Gasteiger partial charge is 1.00 e. The molecule has 0 spiro atoms. The number of hydrogen-bond donors (Lipinski definition) is 0. The van der Waals surface area contributed by atoms with E-state index in [-0.39, 0.29) is 12.4 Å². The highest BCUT2D eigenvalue weighted by Crippen LogP contribution is 2.57. The third-order valence-corrected chi connectivity index (χ3v) is 7.59. The maximum atomic E-state index is 3.82. The number of halogens is 1. The lowest BCUT2D eigenvalue weighted by Gasteiger charge is -2.21. The Morgan fingerprint density at radius 3 is 1.55 bits per heavy atom. The third kappa shape index (κ3) is 4.13. The van der Waals surface area contributed by atoms with Crippen molar-refractivity contribution in [1.82, 2.24) is 0 Å². The molecule has 0 aromatic heterocycles. The molecule has 0 aromatic rings. The van der Waals surface area contributed by atoms with E-state index >= 15 is 0 Å². The van der Waals surface area contributed by atoms with Gasteiger partial charge >= 0.3 is 0 Å². The third-order valence-electron chi connectivity index (χ3n) is 2.53. The summed E-state index contributed by atoms with van der Waals surface area (Å²) in [7, 11) is -0.557. The normalized spacial score (nSPS) is 10.5. The van der Waals surface area contributed by atoms with Crippen LogP contribution in [0.2, 0.25) is 0 Å². The van der Waals surface area contributed by atoms with Crippen molar-refractivity contribution in [3.8, 4) is 0 Å². The molecule has 0 fully saturated rings. The summed E-state index contributed by atoms with van der Waals surface area (Å²) < 4.78 is 0. The maximum Gasteiger partial charge on any atom is 0.0770 e. The fourth-order valence-electron chi connectivity index (χ4n) is 1.33. The smallest absolute Gasteiger partial charge is 0.0770 e. The van der Waals surface area contributed by atoms with Gasteiger partial charge in [0.15, 0.2) is 0 Å². The Bertz CT molecular complexity index is 89.5. The lowest BCUT2D eigenvalue weighted by Crippen LogP contribution is -3.00. The monoisotopic (exact) mass is 194 g/mol. The van der Waals surface area contributed by atoms with Gasteiger partial charge < -0.3 is 12.4 Å². The Morgan fingerprint density at radius 1 is 1.09 bits per heavy atom. The molecule has 2 heteroatoms. The van der Waals surface area contributed by atoms with Crippen LogP contribution in [0.5, 0.6) is 0 Å². The maximum absolute atomic E-state index is 3.82. The van der Waals surface area contributed by atoms with Gasteiger partial charge in [-0.1, -0.05) is 12.7 Å². The van der Waals surface area contributed by atoms with Gasteiger partial charge in [0, 0.05) is 7.26 Å². The summed E-state index contributed by atoms with van der Waals surface area (Å²) in [6.07, 6.45) is 7.57. The summed E-state index contributed by atoms with van der Waals surface area (Å²) in [5.74, 6) is 0. The molecule has 0 atom stereocenters. The fourth-order valence-corrected chi connectivity index (χ4v) is 4.00. The average molecular weight is 195 g/mol. The van der Waals surface area contributed by atoms with Crippen LogP contribution in [0.25, 0.3) is 0 Å². The molecule has 0 aliphatic carbocycles. The Balaban J connectivity index is 0. The number of hydrogen-bond acceptors (Lipinski definition) is 0. The van der Waals surface area contributed by atoms with Gasteiger partial charge in [0.25, 0.3) is 0 Å².